The molecule has 0 aliphatic carbocycles. The maximum absolute atomic E-state index is 12.0. The normalized spacial score (nSPS) is 14.1. The van der Waals surface area contributed by atoms with Gasteiger partial charge >= 0.3 is 5.97 Å². The number of carbonyl (C=O) groups is 1. The van der Waals surface area contributed by atoms with E-state index in [9.17, 15) is 4.79 Å². The number of ether oxygens (including phenoxy) is 2. The van der Waals surface area contributed by atoms with Crippen LogP contribution >= 0.6 is 11.8 Å². The summed E-state index contributed by atoms with van der Waals surface area (Å²) in [7, 11) is 1.73. The molecule has 0 aromatic heterocycles. The van der Waals surface area contributed by atoms with Gasteiger partial charge in [-0.3, -0.25) is 4.79 Å². The fraction of sp³-hybridized carbons (Fsp3) is 0.929. The minimum Gasteiger partial charge on any atom is -0.465 e. The number of rotatable bonds is 12. The lowest BCUT2D eigenvalue weighted by Crippen LogP contribution is -2.50. The zero-order chi connectivity index (χ0) is 14.6. The van der Waals surface area contributed by atoms with Crippen molar-refractivity contribution in [1.82, 2.24) is 5.32 Å². The van der Waals surface area contributed by atoms with Crippen LogP contribution in [-0.4, -0.2) is 49.9 Å². The number of thioether (sulfide) groups is 1. The first-order valence-corrected chi connectivity index (χ1v) is 8.25. The van der Waals surface area contributed by atoms with Crippen LogP contribution in [0.3, 0.4) is 0 Å². The van der Waals surface area contributed by atoms with E-state index >= 15 is 0 Å². The van der Waals surface area contributed by atoms with E-state index in [1.165, 1.54) is 0 Å². The predicted octanol–water partition coefficient (Wildman–Crippen LogP) is 2.47. The Bertz CT molecular complexity index is 239. The van der Waals surface area contributed by atoms with Crippen molar-refractivity contribution in [3.8, 4) is 0 Å². The highest BCUT2D eigenvalue weighted by atomic mass is 32.2. The molecule has 0 saturated heterocycles. The highest BCUT2D eigenvalue weighted by molar-refractivity contribution is 7.99. The molecule has 0 saturated carbocycles. The number of methoxy groups -OCH3 is 1. The van der Waals surface area contributed by atoms with Gasteiger partial charge in [0, 0.05) is 13.7 Å². The predicted molar refractivity (Wildman–Crippen MR) is 81.8 cm³/mol. The molecule has 0 aliphatic rings. The van der Waals surface area contributed by atoms with Crippen LogP contribution in [0.25, 0.3) is 0 Å². The quantitative estimate of drug-likeness (QED) is 0.442. The van der Waals surface area contributed by atoms with Crippen molar-refractivity contribution in [2.75, 3.05) is 38.4 Å². The number of hydrogen-bond donors (Lipinski definition) is 1. The van der Waals surface area contributed by atoms with Gasteiger partial charge in [-0.1, -0.05) is 6.92 Å². The molecule has 0 amide bonds. The summed E-state index contributed by atoms with van der Waals surface area (Å²) in [6.07, 6.45) is 2.92. The van der Waals surface area contributed by atoms with Crippen LogP contribution in [-0.2, 0) is 14.3 Å². The highest BCUT2D eigenvalue weighted by Gasteiger charge is 2.32. The lowest BCUT2D eigenvalue weighted by molar-refractivity contribution is -0.150. The van der Waals surface area contributed by atoms with E-state index in [2.05, 4.69) is 5.32 Å². The van der Waals surface area contributed by atoms with Gasteiger partial charge in [0.2, 0.25) is 0 Å². The van der Waals surface area contributed by atoms with Gasteiger partial charge in [0.25, 0.3) is 0 Å². The van der Waals surface area contributed by atoms with Crippen LogP contribution in [0.5, 0.6) is 0 Å². The second-order valence-corrected chi connectivity index (χ2v) is 5.87. The molecule has 0 aromatic carbocycles. The van der Waals surface area contributed by atoms with Crippen molar-refractivity contribution in [2.24, 2.45) is 0 Å². The van der Waals surface area contributed by atoms with E-state index < -0.39 is 5.54 Å². The zero-order valence-electron chi connectivity index (χ0n) is 12.8. The van der Waals surface area contributed by atoms with Crippen molar-refractivity contribution in [1.29, 1.82) is 0 Å². The van der Waals surface area contributed by atoms with Gasteiger partial charge in [0.05, 0.1) is 6.61 Å². The summed E-state index contributed by atoms with van der Waals surface area (Å²) in [6, 6.07) is 0. The van der Waals surface area contributed by atoms with Crippen LogP contribution in [0.4, 0.5) is 0 Å². The van der Waals surface area contributed by atoms with Gasteiger partial charge in [-0.2, -0.15) is 11.8 Å². The minimum absolute atomic E-state index is 0.138. The fourth-order valence-electron chi connectivity index (χ4n) is 1.88. The molecule has 0 rings (SSSR count). The Morgan fingerprint density at radius 3 is 2.53 bits per heavy atom. The molecule has 4 nitrogen and oxygen atoms in total. The molecule has 1 unspecified atom stereocenters. The smallest absolute Gasteiger partial charge is 0.326 e. The van der Waals surface area contributed by atoms with E-state index in [0.717, 1.165) is 43.9 Å². The molecule has 0 aliphatic heterocycles. The molecule has 0 bridgehead atoms. The largest absolute Gasteiger partial charge is 0.465 e. The molecule has 0 spiro atoms. The number of hydrogen-bond acceptors (Lipinski definition) is 5. The maximum atomic E-state index is 12.0. The van der Waals surface area contributed by atoms with Crippen molar-refractivity contribution < 1.29 is 14.3 Å². The first-order chi connectivity index (χ1) is 9.10. The zero-order valence-corrected chi connectivity index (χ0v) is 13.6. The summed E-state index contributed by atoms with van der Waals surface area (Å²) in [5.74, 6) is 2.05. The van der Waals surface area contributed by atoms with Gasteiger partial charge in [-0.25, -0.2) is 0 Å². The van der Waals surface area contributed by atoms with Gasteiger partial charge in [-0.05, 0) is 51.2 Å². The Labute approximate surface area is 122 Å². The van der Waals surface area contributed by atoms with Crippen molar-refractivity contribution >= 4 is 17.7 Å². The Balaban J connectivity index is 3.90. The molecular weight excluding hydrogens is 262 g/mol. The average molecular weight is 291 g/mol. The lowest BCUT2D eigenvalue weighted by atomic mass is 9.96. The molecule has 0 fully saturated rings. The van der Waals surface area contributed by atoms with Gasteiger partial charge < -0.3 is 14.8 Å². The van der Waals surface area contributed by atoms with Gasteiger partial charge in [-0.15, -0.1) is 0 Å². The topological polar surface area (TPSA) is 47.6 Å². The number of likely N-dealkylation sites (N-methyl/N-ethyl adjacent to an activating group) is 1. The fourth-order valence-corrected chi connectivity index (χ4v) is 2.75. The molecule has 19 heavy (non-hydrogen) atoms. The van der Waals surface area contributed by atoms with Crippen LogP contribution < -0.4 is 5.32 Å². The van der Waals surface area contributed by atoms with Crippen molar-refractivity contribution in [2.45, 2.75) is 45.6 Å². The highest BCUT2D eigenvalue weighted by Crippen LogP contribution is 2.17. The summed E-state index contributed by atoms with van der Waals surface area (Å²) < 4.78 is 10.2. The third-order valence-corrected chi connectivity index (χ3v) is 4.05. The van der Waals surface area contributed by atoms with Crippen molar-refractivity contribution in [3.05, 3.63) is 0 Å². The standard InChI is InChI=1S/C14H29NO3S/c1-5-15-14(3,13(16)18-6-2)9-7-11-19-12-8-10-17-4/h15H,5-12H2,1-4H3. The second kappa shape index (κ2) is 11.6. The molecule has 5 heteroatoms. The van der Waals surface area contributed by atoms with Crippen molar-refractivity contribution in [3.63, 3.8) is 0 Å². The first kappa shape index (κ1) is 18.7. The Morgan fingerprint density at radius 1 is 1.26 bits per heavy atom. The average Bonchev–Trinajstić information content (AvgIpc) is 2.38. The monoisotopic (exact) mass is 291 g/mol. The molecule has 1 N–H and O–H groups in total. The molecule has 0 aromatic rings. The third kappa shape index (κ3) is 8.50. The first-order valence-electron chi connectivity index (χ1n) is 7.09. The molecule has 1 atom stereocenters. The summed E-state index contributed by atoms with van der Waals surface area (Å²) in [6.45, 7) is 7.82. The van der Waals surface area contributed by atoms with Crippen LogP contribution in [0.1, 0.15) is 40.0 Å². The second-order valence-electron chi connectivity index (χ2n) is 4.65. The molecular formula is C14H29NO3S. The third-order valence-electron chi connectivity index (χ3n) is 2.90. The summed E-state index contributed by atoms with van der Waals surface area (Å²) in [5.41, 5.74) is -0.544. The van der Waals surface area contributed by atoms with Gasteiger partial charge in [0.1, 0.15) is 5.54 Å². The Hall–Kier alpha value is -0.260. The SMILES string of the molecule is CCNC(C)(CCCSCCCOC)C(=O)OCC. The minimum atomic E-state index is -0.544. The Kier molecular flexibility index (Phi) is 11.4. The van der Waals surface area contributed by atoms with Crippen LogP contribution in [0.2, 0.25) is 0 Å². The number of nitrogens with one attached hydrogen (secondary N) is 1. The lowest BCUT2D eigenvalue weighted by Gasteiger charge is -2.28. The molecule has 0 heterocycles. The van der Waals surface area contributed by atoms with E-state index in [1.54, 1.807) is 7.11 Å². The molecule has 114 valence electrons. The number of carbonyl (C=O) groups excluding carboxylic acids is 1. The van der Waals surface area contributed by atoms with Crippen LogP contribution in [0, 0.1) is 0 Å². The maximum Gasteiger partial charge on any atom is 0.326 e. The summed E-state index contributed by atoms with van der Waals surface area (Å²) in [5, 5.41) is 3.25. The van der Waals surface area contributed by atoms with E-state index in [1.807, 2.05) is 32.5 Å². The molecule has 0 radical (unpaired) electrons. The Morgan fingerprint density at radius 2 is 1.95 bits per heavy atom. The van der Waals surface area contributed by atoms with Gasteiger partial charge in [0.15, 0.2) is 0 Å². The van der Waals surface area contributed by atoms with E-state index in [4.69, 9.17) is 9.47 Å². The van der Waals surface area contributed by atoms with E-state index in [-0.39, 0.29) is 5.97 Å². The number of esters is 1. The van der Waals surface area contributed by atoms with E-state index in [0.29, 0.717) is 6.61 Å². The van der Waals surface area contributed by atoms with Crippen LogP contribution in [0.15, 0.2) is 0 Å². The summed E-state index contributed by atoms with van der Waals surface area (Å²) in [4.78, 5) is 12.0. The summed E-state index contributed by atoms with van der Waals surface area (Å²) >= 11 is 1.92.